The van der Waals surface area contributed by atoms with E-state index in [1.165, 1.54) is 0 Å². The minimum atomic E-state index is -0.393. The molecule has 0 aromatic heterocycles. The first-order valence-corrected chi connectivity index (χ1v) is 4.43. The molecule has 0 nitrogen and oxygen atoms in total. The summed E-state index contributed by atoms with van der Waals surface area (Å²) in [5.74, 6) is -0.0845. The van der Waals surface area contributed by atoms with E-state index in [1.807, 2.05) is 51.1 Å². The summed E-state index contributed by atoms with van der Waals surface area (Å²) in [5, 5.41) is 0. The second-order valence-electron chi connectivity index (χ2n) is 4.15. The zero-order valence-electron chi connectivity index (χ0n) is 8.34. The Morgan fingerprint density at radius 2 is 1.69 bits per heavy atom. The van der Waals surface area contributed by atoms with Crippen molar-refractivity contribution >= 4 is 6.08 Å². The Hall–Kier alpha value is -1.11. The van der Waals surface area contributed by atoms with Crippen molar-refractivity contribution in [3.8, 4) is 0 Å². The molecule has 0 spiro atoms. The maximum absolute atomic E-state index is 13.5. The fourth-order valence-electron chi connectivity index (χ4n) is 0.912. The van der Waals surface area contributed by atoms with Gasteiger partial charge in [-0.1, -0.05) is 51.1 Å². The third-order valence-electron chi connectivity index (χ3n) is 1.81. The number of rotatable bonds is 1. The predicted octanol–water partition coefficient (Wildman–Crippen LogP) is 4.04. The maximum atomic E-state index is 13.5. The number of benzene rings is 1. The van der Waals surface area contributed by atoms with Crippen molar-refractivity contribution in [1.82, 2.24) is 0 Å². The molecule has 1 heteroatoms. The van der Waals surface area contributed by atoms with Crippen LogP contribution >= 0.6 is 0 Å². The van der Waals surface area contributed by atoms with Gasteiger partial charge in [-0.2, -0.15) is 0 Å². The predicted molar refractivity (Wildman–Crippen MR) is 55.0 cm³/mol. The second-order valence-corrected chi connectivity index (χ2v) is 4.15. The van der Waals surface area contributed by atoms with Crippen LogP contribution in [0.25, 0.3) is 6.08 Å². The third kappa shape index (κ3) is 3.02. The van der Waals surface area contributed by atoms with Gasteiger partial charge in [-0.25, -0.2) is 4.39 Å². The largest absolute Gasteiger partial charge is 0.211 e. The number of hydrogen-bond acceptors (Lipinski definition) is 0. The number of allylic oxidation sites excluding steroid dienone is 1. The fraction of sp³-hybridized carbons (Fsp3) is 0.333. The van der Waals surface area contributed by atoms with Gasteiger partial charge in [-0.05, 0) is 11.6 Å². The van der Waals surface area contributed by atoms with Gasteiger partial charge < -0.3 is 0 Å². The molecule has 0 aliphatic rings. The van der Waals surface area contributed by atoms with Gasteiger partial charge in [0.25, 0.3) is 0 Å². The van der Waals surface area contributed by atoms with Gasteiger partial charge in [0.2, 0.25) is 0 Å². The second kappa shape index (κ2) is 3.73. The Morgan fingerprint density at radius 3 is 2.15 bits per heavy atom. The molecule has 1 rings (SSSR count). The average Bonchev–Trinajstić information content (AvgIpc) is 2.04. The van der Waals surface area contributed by atoms with Crippen LogP contribution in [0.1, 0.15) is 26.3 Å². The molecule has 0 bridgehead atoms. The molecule has 0 amide bonds. The van der Waals surface area contributed by atoms with Gasteiger partial charge in [-0.15, -0.1) is 0 Å². The summed E-state index contributed by atoms with van der Waals surface area (Å²) in [4.78, 5) is 0. The van der Waals surface area contributed by atoms with Crippen LogP contribution in [0.15, 0.2) is 36.2 Å². The van der Waals surface area contributed by atoms with Crippen LogP contribution in [-0.2, 0) is 0 Å². The van der Waals surface area contributed by atoms with E-state index in [9.17, 15) is 4.39 Å². The SMILES string of the molecule is CC(C)(C)/C(F)=C/c1ccccc1. The van der Waals surface area contributed by atoms with Crippen LogP contribution in [0.3, 0.4) is 0 Å². The highest BCUT2D eigenvalue weighted by Gasteiger charge is 2.16. The molecule has 0 saturated carbocycles. The monoisotopic (exact) mass is 178 g/mol. The number of hydrogen-bond donors (Lipinski definition) is 0. The average molecular weight is 178 g/mol. The Balaban J connectivity index is 2.90. The zero-order chi connectivity index (χ0) is 9.90. The van der Waals surface area contributed by atoms with E-state index in [0.717, 1.165) is 5.56 Å². The van der Waals surface area contributed by atoms with Crippen LogP contribution in [-0.4, -0.2) is 0 Å². The molecule has 1 aromatic rings. The molecule has 0 radical (unpaired) electrons. The quantitative estimate of drug-likeness (QED) is 0.608. The van der Waals surface area contributed by atoms with E-state index in [2.05, 4.69) is 0 Å². The standard InChI is InChI=1S/C12H15F/c1-12(2,3)11(13)9-10-7-5-4-6-8-10/h4-9H,1-3H3/b11-9-. The topological polar surface area (TPSA) is 0 Å². The molecular formula is C12H15F. The lowest BCUT2D eigenvalue weighted by Gasteiger charge is -2.15. The lowest BCUT2D eigenvalue weighted by Crippen LogP contribution is -2.04. The molecule has 1 aromatic carbocycles. The number of halogens is 1. The van der Waals surface area contributed by atoms with Crippen molar-refractivity contribution in [2.24, 2.45) is 5.41 Å². The van der Waals surface area contributed by atoms with E-state index in [0.29, 0.717) is 0 Å². The lowest BCUT2D eigenvalue weighted by molar-refractivity contribution is 0.389. The van der Waals surface area contributed by atoms with Gasteiger partial charge in [0.15, 0.2) is 0 Å². The summed E-state index contributed by atoms with van der Waals surface area (Å²) in [7, 11) is 0. The van der Waals surface area contributed by atoms with Crippen molar-refractivity contribution in [3.05, 3.63) is 41.7 Å². The summed E-state index contributed by atoms with van der Waals surface area (Å²) in [5.41, 5.74) is 0.519. The first kappa shape index (κ1) is 9.97. The first-order chi connectivity index (χ1) is 6.00. The molecule has 0 aliphatic carbocycles. The molecule has 0 unspecified atom stereocenters. The Bertz CT molecular complexity index is 291. The van der Waals surface area contributed by atoms with Gasteiger partial charge >= 0.3 is 0 Å². The summed E-state index contributed by atoms with van der Waals surface area (Å²) in [6.45, 7) is 5.59. The highest BCUT2D eigenvalue weighted by Crippen LogP contribution is 2.27. The van der Waals surface area contributed by atoms with Crippen LogP contribution in [0.5, 0.6) is 0 Å². The molecule has 0 atom stereocenters. The minimum absolute atomic E-state index is 0.0845. The Morgan fingerprint density at radius 1 is 1.15 bits per heavy atom. The van der Waals surface area contributed by atoms with Crippen LogP contribution in [0.2, 0.25) is 0 Å². The van der Waals surface area contributed by atoms with Gasteiger partial charge in [0.1, 0.15) is 5.83 Å². The normalized spacial score (nSPS) is 13.1. The molecule has 13 heavy (non-hydrogen) atoms. The first-order valence-electron chi connectivity index (χ1n) is 4.43. The summed E-state index contributed by atoms with van der Waals surface area (Å²) >= 11 is 0. The molecule has 0 saturated heterocycles. The van der Waals surface area contributed by atoms with E-state index < -0.39 is 5.41 Å². The van der Waals surface area contributed by atoms with E-state index in [-0.39, 0.29) is 5.83 Å². The van der Waals surface area contributed by atoms with Gasteiger partial charge in [-0.3, -0.25) is 0 Å². The molecule has 70 valence electrons. The van der Waals surface area contributed by atoms with E-state index in [4.69, 9.17) is 0 Å². The lowest BCUT2D eigenvalue weighted by atomic mass is 9.93. The molecule has 0 fully saturated rings. The van der Waals surface area contributed by atoms with Crippen LogP contribution < -0.4 is 0 Å². The molecule has 0 N–H and O–H groups in total. The third-order valence-corrected chi connectivity index (χ3v) is 1.81. The molecular weight excluding hydrogens is 163 g/mol. The van der Waals surface area contributed by atoms with E-state index >= 15 is 0 Å². The minimum Gasteiger partial charge on any atom is -0.211 e. The summed E-state index contributed by atoms with van der Waals surface area (Å²) in [6, 6.07) is 9.52. The summed E-state index contributed by atoms with van der Waals surface area (Å²) < 4.78 is 13.5. The van der Waals surface area contributed by atoms with Crippen molar-refractivity contribution < 1.29 is 4.39 Å². The fourth-order valence-corrected chi connectivity index (χ4v) is 0.912. The molecule has 0 aliphatic heterocycles. The van der Waals surface area contributed by atoms with E-state index in [1.54, 1.807) is 6.08 Å². The Labute approximate surface area is 79.1 Å². The Kier molecular flexibility index (Phi) is 2.86. The highest BCUT2D eigenvalue weighted by molar-refractivity contribution is 5.51. The van der Waals surface area contributed by atoms with Gasteiger partial charge in [0.05, 0.1) is 0 Å². The smallest absolute Gasteiger partial charge is 0.106 e. The van der Waals surface area contributed by atoms with Crippen LogP contribution in [0, 0.1) is 5.41 Å². The summed E-state index contributed by atoms with van der Waals surface area (Å²) in [6.07, 6.45) is 1.58. The van der Waals surface area contributed by atoms with Crippen molar-refractivity contribution in [3.63, 3.8) is 0 Å². The van der Waals surface area contributed by atoms with Crippen LogP contribution in [0.4, 0.5) is 4.39 Å². The van der Waals surface area contributed by atoms with Crippen molar-refractivity contribution in [2.45, 2.75) is 20.8 Å². The highest BCUT2D eigenvalue weighted by atomic mass is 19.1. The van der Waals surface area contributed by atoms with Crippen molar-refractivity contribution in [1.29, 1.82) is 0 Å². The van der Waals surface area contributed by atoms with Crippen molar-refractivity contribution in [2.75, 3.05) is 0 Å². The zero-order valence-corrected chi connectivity index (χ0v) is 8.34. The molecule has 0 heterocycles. The van der Waals surface area contributed by atoms with Gasteiger partial charge in [0, 0.05) is 5.41 Å². The maximum Gasteiger partial charge on any atom is 0.106 e.